The Bertz CT molecular complexity index is 1110. The Morgan fingerprint density at radius 3 is 2.67 bits per heavy atom. The molecule has 2 aliphatic rings. The number of nitrogens with zero attached hydrogens (tertiary/aromatic N) is 4. The molecule has 4 rings (SSSR count). The van der Waals surface area contributed by atoms with Crippen LogP contribution in [-0.2, 0) is 4.79 Å². The van der Waals surface area contributed by atoms with Gasteiger partial charge in [0.15, 0.2) is 0 Å². The van der Waals surface area contributed by atoms with Crippen molar-refractivity contribution in [2.45, 2.75) is 19.3 Å². The smallest absolute Gasteiger partial charge is 0.369 e. The van der Waals surface area contributed by atoms with E-state index in [1.54, 1.807) is 36.4 Å². The number of carbonyl (C=O) groups excluding carboxylic acids is 1. The van der Waals surface area contributed by atoms with E-state index in [9.17, 15) is 9.59 Å². The second-order valence-electron chi connectivity index (χ2n) is 6.36. The topological polar surface area (TPSA) is 108 Å². The van der Waals surface area contributed by atoms with Gasteiger partial charge in [-0.3, -0.25) is 0 Å². The lowest BCUT2D eigenvalue weighted by atomic mass is 9.87. The highest BCUT2D eigenvalue weighted by molar-refractivity contribution is 6.21. The number of carboxylic acid groups (broad SMARTS) is 1. The van der Waals surface area contributed by atoms with E-state index in [0.29, 0.717) is 29.1 Å². The van der Waals surface area contributed by atoms with Crippen LogP contribution >= 0.6 is 0 Å². The van der Waals surface area contributed by atoms with Gasteiger partial charge in [-0.2, -0.15) is 20.0 Å². The summed E-state index contributed by atoms with van der Waals surface area (Å²) >= 11 is 0. The number of aliphatic carboxylic acids is 1. The number of aliphatic imine (C=N–C) groups is 1. The molecule has 1 aliphatic heterocycles. The number of rotatable bonds is 3. The van der Waals surface area contributed by atoms with E-state index >= 15 is 0 Å². The minimum atomic E-state index is -0.961. The molecule has 7 heteroatoms. The average molecular weight is 358 g/mol. The predicted molar refractivity (Wildman–Crippen MR) is 96.8 cm³/mol. The third-order valence-electron chi connectivity index (χ3n) is 4.72. The summed E-state index contributed by atoms with van der Waals surface area (Å²) < 4.78 is 1.29. The third kappa shape index (κ3) is 2.68. The number of hydrogen-bond acceptors (Lipinski definition) is 4. The standard InChI is InChI=1S/C20H14N4O3/c1-11-16(13-6-8-15(9-7-13)19(25)26)18-17(22-20(27)24(18)23-11)14-4-2-12(10-21)3-5-14/h2-6,8-9,13H,7H2,1H3,(H,25,26). The van der Waals surface area contributed by atoms with E-state index in [-0.39, 0.29) is 11.5 Å². The second-order valence-corrected chi connectivity index (χ2v) is 6.36. The van der Waals surface area contributed by atoms with E-state index in [1.807, 2.05) is 13.0 Å². The van der Waals surface area contributed by atoms with Crippen LogP contribution in [0.4, 0.5) is 4.79 Å². The van der Waals surface area contributed by atoms with Gasteiger partial charge in [-0.15, -0.1) is 0 Å². The molecule has 1 N–H and O–H groups in total. The van der Waals surface area contributed by atoms with Crippen LogP contribution in [0.25, 0.3) is 0 Å². The SMILES string of the molecule is Cc1nn2c(c1C1C=CC(C(=O)O)=CC1)C(c1ccc(C#N)cc1)=NC2=O. The highest BCUT2D eigenvalue weighted by atomic mass is 16.4. The molecule has 1 aromatic carbocycles. The van der Waals surface area contributed by atoms with E-state index < -0.39 is 12.0 Å². The van der Waals surface area contributed by atoms with Gasteiger partial charge in [-0.1, -0.05) is 30.4 Å². The quantitative estimate of drug-likeness (QED) is 0.907. The Morgan fingerprint density at radius 1 is 1.33 bits per heavy atom. The molecular weight excluding hydrogens is 344 g/mol. The van der Waals surface area contributed by atoms with Gasteiger partial charge < -0.3 is 5.11 Å². The maximum atomic E-state index is 12.3. The van der Waals surface area contributed by atoms with Gasteiger partial charge in [-0.05, 0) is 25.5 Å². The summed E-state index contributed by atoms with van der Waals surface area (Å²) in [6, 6.07) is 8.47. The van der Waals surface area contributed by atoms with E-state index in [2.05, 4.69) is 16.2 Å². The van der Waals surface area contributed by atoms with Crippen molar-refractivity contribution < 1.29 is 14.7 Å². The first-order valence-electron chi connectivity index (χ1n) is 8.34. The zero-order valence-electron chi connectivity index (χ0n) is 14.4. The summed E-state index contributed by atoms with van der Waals surface area (Å²) in [5.41, 5.74) is 4.22. The number of amides is 1. The minimum Gasteiger partial charge on any atom is -0.478 e. The van der Waals surface area contributed by atoms with Crippen LogP contribution in [0.1, 0.15) is 40.4 Å². The lowest BCUT2D eigenvalue weighted by Crippen LogP contribution is -2.11. The molecule has 0 saturated carbocycles. The molecule has 0 saturated heterocycles. The van der Waals surface area contributed by atoms with Gasteiger partial charge in [0.05, 0.1) is 22.9 Å². The highest BCUT2D eigenvalue weighted by Crippen LogP contribution is 2.35. The van der Waals surface area contributed by atoms with Crippen LogP contribution < -0.4 is 0 Å². The number of aryl methyl sites for hydroxylation is 1. The van der Waals surface area contributed by atoms with Crippen molar-refractivity contribution in [3.63, 3.8) is 0 Å². The van der Waals surface area contributed by atoms with E-state index in [0.717, 1.165) is 11.1 Å². The Balaban J connectivity index is 1.78. The van der Waals surface area contributed by atoms with Gasteiger partial charge >= 0.3 is 12.0 Å². The Morgan fingerprint density at radius 2 is 2.07 bits per heavy atom. The number of aromatic nitrogens is 2. The van der Waals surface area contributed by atoms with Crippen molar-refractivity contribution >= 4 is 17.7 Å². The van der Waals surface area contributed by atoms with Crippen LogP contribution in [0.3, 0.4) is 0 Å². The third-order valence-corrected chi connectivity index (χ3v) is 4.72. The number of allylic oxidation sites excluding steroid dienone is 2. The zero-order chi connectivity index (χ0) is 19.1. The molecule has 2 heterocycles. The number of nitriles is 1. The highest BCUT2D eigenvalue weighted by Gasteiger charge is 2.33. The minimum absolute atomic E-state index is 0.0914. The first-order valence-corrected chi connectivity index (χ1v) is 8.34. The van der Waals surface area contributed by atoms with Crippen molar-refractivity contribution in [1.82, 2.24) is 9.78 Å². The van der Waals surface area contributed by atoms with Crippen molar-refractivity contribution in [1.29, 1.82) is 5.26 Å². The second kappa shape index (κ2) is 6.18. The fourth-order valence-corrected chi connectivity index (χ4v) is 3.44. The molecule has 0 spiro atoms. The van der Waals surface area contributed by atoms with Crippen LogP contribution in [0, 0.1) is 18.3 Å². The average Bonchev–Trinajstić information content (AvgIpc) is 3.18. The molecule has 132 valence electrons. The number of benzene rings is 1. The molecule has 0 radical (unpaired) electrons. The molecule has 1 unspecified atom stereocenters. The molecular formula is C20H14N4O3. The molecule has 1 aliphatic carbocycles. The van der Waals surface area contributed by atoms with Crippen LogP contribution in [0.5, 0.6) is 0 Å². The number of fused-ring (bicyclic) bond motifs is 1. The summed E-state index contributed by atoms with van der Waals surface area (Å²) in [5, 5.41) is 22.4. The van der Waals surface area contributed by atoms with E-state index in [4.69, 9.17) is 10.4 Å². The maximum Gasteiger partial charge on any atom is 0.369 e. The lowest BCUT2D eigenvalue weighted by Gasteiger charge is -2.16. The van der Waals surface area contributed by atoms with Gasteiger partial charge in [0.2, 0.25) is 0 Å². The molecule has 1 atom stereocenters. The zero-order valence-corrected chi connectivity index (χ0v) is 14.4. The molecule has 7 nitrogen and oxygen atoms in total. The maximum absolute atomic E-state index is 12.3. The summed E-state index contributed by atoms with van der Waals surface area (Å²) in [6.07, 6.45) is 5.58. The molecule has 2 aromatic rings. The lowest BCUT2D eigenvalue weighted by molar-refractivity contribution is -0.132. The van der Waals surface area contributed by atoms with Crippen molar-refractivity contribution in [2.75, 3.05) is 0 Å². The largest absolute Gasteiger partial charge is 0.478 e. The van der Waals surface area contributed by atoms with Crippen LogP contribution in [0.15, 0.2) is 53.1 Å². The Kier molecular flexibility index (Phi) is 3.81. The van der Waals surface area contributed by atoms with E-state index in [1.165, 1.54) is 4.68 Å². The first-order chi connectivity index (χ1) is 13.0. The molecule has 1 amide bonds. The van der Waals surface area contributed by atoms with Gasteiger partial charge in [0, 0.05) is 17.0 Å². The summed E-state index contributed by atoms with van der Waals surface area (Å²) in [7, 11) is 0. The molecule has 27 heavy (non-hydrogen) atoms. The number of carboxylic acids is 1. The summed E-state index contributed by atoms with van der Waals surface area (Å²) in [4.78, 5) is 27.6. The predicted octanol–water partition coefficient (Wildman–Crippen LogP) is 2.94. The number of hydrogen-bond donors (Lipinski definition) is 1. The fraction of sp³-hybridized carbons (Fsp3) is 0.150. The summed E-state index contributed by atoms with van der Waals surface area (Å²) in [6.45, 7) is 1.83. The van der Waals surface area contributed by atoms with Gasteiger partial charge in [-0.25, -0.2) is 9.59 Å². The van der Waals surface area contributed by atoms with Gasteiger partial charge in [0.25, 0.3) is 0 Å². The monoisotopic (exact) mass is 358 g/mol. The molecule has 0 bridgehead atoms. The first kappa shape index (κ1) is 16.7. The fourth-order valence-electron chi connectivity index (χ4n) is 3.44. The number of carbonyl (C=O) groups is 2. The molecule has 1 aromatic heterocycles. The normalized spacial score (nSPS) is 17.9. The van der Waals surface area contributed by atoms with Crippen molar-refractivity contribution in [3.8, 4) is 6.07 Å². The summed E-state index contributed by atoms with van der Waals surface area (Å²) in [5.74, 6) is -1.05. The molecule has 0 fully saturated rings. The Labute approximate surface area is 154 Å². The van der Waals surface area contributed by atoms with Crippen molar-refractivity contribution in [2.24, 2.45) is 4.99 Å². The van der Waals surface area contributed by atoms with Crippen molar-refractivity contribution in [3.05, 3.63) is 76.1 Å². The van der Waals surface area contributed by atoms with Crippen LogP contribution in [0.2, 0.25) is 0 Å². The van der Waals surface area contributed by atoms with Gasteiger partial charge in [0.1, 0.15) is 11.4 Å². The van der Waals surface area contributed by atoms with Crippen LogP contribution in [-0.4, -0.2) is 32.6 Å². The Hall–Kier alpha value is -3.79.